The van der Waals surface area contributed by atoms with Gasteiger partial charge in [-0.3, -0.25) is 14.9 Å². The predicted octanol–water partition coefficient (Wildman–Crippen LogP) is 3.65. The van der Waals surface area contributed by atoms with E-state index < -0.39 is 16.4 Å². The molecule has 0 atom stereocenters. The third-order valence-electron chi connectivity index (χ3n) is 2.63. The molecular formula is C14H9ClFNO4. The first-order valence-electron chi connectivity index (χ1n) is 5.83. The Morgan fingerprint density at radius 1 is 1.29 bits per heavy atom. The summed E-state index contributed by atoms with van der Waals surface area (Å²) in [6.45, 7) is -0.322. The van der Waals surface area contributed by atoms with Crippen LogP contribution >= 0.6 is 11.6 Å². The minimum atomic E-state index is -1.02. The van der Waals surface area contributed by atoms with Gasteiger partial charge in [0.2, 0.25) is 5.82 Å². The normalized spacial score (nSPS) is 10.2. The van der Waals surface area contributed by atoms with Crippen LogP contribution in [-0.4, -0.2) is 17.3 Å². The number of nitro benzene ring substituents is 1. The van der Waals surface area contributed by atoms with Crippen LogP contribution < -0.4 is 4.74 Å². The average molecular weight is 310 g/mol. The number of nitro groups is 1. The maximum atomic E-state index is 13.4. The third-order valence-corrected chi connectivity index (χ3v) is 2.87. The predicted molar refractivity (Wildman–Crippen MR) is 74.3 cm³/mol. The third kappa shape index (κ3) is 3.76. The van der Waals surface area contributed by atoms with Crippen molar-refractivity contribution in [2.75, 3.05) is 6.61 Å². The molecule has 2 aromatic carbocycles. The zero-order chi connectivity index (χ0) is 15.4. The first kappa shape index (κ1) is 14.9. The highest BCUT2D eigenvalue weighted by molar-refractivity contribution is 6.31. The zero-order valence-corrected chi connectivity index (χ0v) is 11.3. The number of carbonyl (C=O) groups is 1. The smallest absolute Gasteiger partial charge is 0.305 e. The molecular weight excluding hydrogens is 301 g/mol. The largest absolute Gasteiger partial charge is 0.485 e. The van der Waals surface area contributed by atoms with Gasteiger partial charge in [-0.1, -0.05) is 23.7 Å². The van der Waals surface area contributed by atoms with Crippen LogP contribution in [0.1, 0.15) is 10.4 Å². The topological polar surface area (TPSA) is 69.4 Å². The summed E-state index contributed by atoms with van der Waals surface area (Å²) in [5.41, 5.74) is -0.284. The molecule has 0 spiro atoms. The number of hydrogen-bond acceptors (Lipinski definition) is 4. The van der Waals surface area contributed by atoms with E-state index in [1.807, 2.05) is 0 Å². The van der Waals surface area contributed by atoms with Crippen LogP contribution in [0.2, 0.25) is 5.02 Å². The van der Waals surface area contributed by atoms with Crippen LogP contribution in [0, 0.1) is 15.9 Å². The molecule has 0 saturated carbocycles. The number of halogens is 2. The number of rotatable bonds is 5. The fraction of sp³-hybridized carbons (Fsp3) is 0.0714. The molecule has 0 aliphatic rings. The highest BCUT2D eigenvalue weighted by atomic mass is 35.5. The molecule has 0 saturated heterocycles. The Bertz CT molecular complexity index is 705. The Labute approximate surface area is 124 Å². The molecule has 2 aromatic rings. The monoisotopic (exact) mass is 309 g/mol. The van der Waals surface area contributed by atoms with Crippen LogP contribution in [-0.2, 0) is 0 Å². The van der Waals surface area contributed by atoms with Crippen molar-refractivity contribution < 1.29 is 18.8 Å². The van der Waals surface area contributed by atoms with E-state index in [9.17, 15) is 19.3 Å². The quantitative estimate of drug-likeness (QED) is 0.480. The average Bonchev–Trinajstić information content (AvgIpc) is 2.44. The van der Waals surface area contributed by atoms with Gasteiger partial charge < -0.3 is 4.74 Å². The van der Waals surface area contributed by atoms with E-state index in [0.717, 1.165) is 12.1 Å². The molecule has 21 heavy (non-hydrogen) atoms. The number of benzene rings is 2. The van der Waals surface area contributed by atoms with Gasteiger partial charge in [0.15, 0.2) is 12.4 Å². The number of carbonyl (C=O) groups excluding carboxylic acids is 1. The summed E-state index contributed by atoms with van der Waals surface area (Å²) in [5.74, 6) is -1.32. The van der Waals surface area contributed by atoms with Gasteiger partial charge in [0.25, 0.3) is 0 Å². The Hall–Kier alpha value is -2.47. The molecule has 0 amide bonds. The Kier molecular flexibility index (Phi) is 4.49. The lowest BCUT2D eigenvalue weighted by Gasteiger charge is -2.06. The summed E-state index contributed by atoms with van der Waals surface area (Å²) in [5, 5.41) is 10.9. The molecule has 0 fully saturated rings. The van der Waals surface area contributed by atoms with Crippen molar-refractivity contribution in [2.24, 2.45) is 0 Å². The fourth-order valence-corrected chi connectivity index (χ4v) is 1.81. The first-order chi connectivity index (χ1) is 9.97. The number of nitrogens with zero attached hydrogens (tertiary/aromatic N) is 1. The summed E-state index contributed by atoms with van der Waals surface area (Å²) in [4.78, 5) is 21.5. The molecule has 0 N–H and O–H groups in total. The Balaban J connectivity index is 2.05. The summed E-state index contributed by atoms with van der Waals surface area (Å²) in [7, 11) is 0. The summed E-state index contributed by atoms with van der Waals surface area (Å²) < 4.78 is 18.5. The Morgan fingerprint density at radius 3 is 2.67 bits per heavy atom. The first-order valence-corrected chi connectivity index (χ1v) is 6.20. The second-order valence-corrected chi connectivity index (χ2v) is 4.53. The number of hydrogen-bond donors (Lipinski definition) is 0. The molecule has 2 rings (SSSR count). The van der Waals surface area contributed by atoms with Crippen LogP contribution in [0.5, 0.6) is 5.75 Å². The zero-order valence-electron chi connectivity index (χ0n) is 10.6. The molecule has 0 aromatic heterocycles. The maximum Gasteiger partial charge on any atom is 0.305 e. The van der Waals surface area contributed by atoms with Crippen LogP contribution in [0.4, 0.5) is 10.1 Å². The number of ether oxygens (including phenoxy) is 1. The highest BCUT2D eigenvalue weighted by Gasteiger charge is 2.15. The fourth-order valence-electron chi connectivity index (χ4n) is 1.62. The van der Waals surface area contributed by atoms with Gasteiger partial charge in [-0.2, -0.15) is 4.39 Å². The second-order valence-electron chi connectivity index (χ2n) is 4.09. The minimum Gasteiger partial charge on any atom is -0.485 e. The van der Waals surface area contributed by atoms with Crippen molar-refractivity contribution in [1.82, 2.24) is 0 Å². The molecule has 0 radical (unpaired) electrons. The molecule has 7 heteroatoms. The standard InChI is InChI=1S/C14H9ClFNO4/c15-10-3-1-2-9(6-10)14(18)8-21-11-4-5-13(17(19)20)12(16)7-11/h1-7H,8H2. The SMILES string of the molecule is O=C(COc1ccc([N+](=O)[O-])c(F)c1)c1cccc(Cl)c1. The van der Waals surface area contributed by atoms with E-state index in [2.05, 4.69) is 0 Å². The summed E-state index contributed by atoms with van der Waals surface area (Å²) >= 11 is 5.77. The lowest BCUT2D eigenvalue weighted by molar-refractivity contribution is -0.387. The summed E-state index contributed by atoms with van der Waals surface area (Å²) in [6.07, 6.45) is 0. The highest BCUT2D eigenvalue weighted by Crippen LogP contribution is 2.22. The van der Waals surface area contributed by atoms with Crippen molar-refractivity contribution in [2.45, 2.75) is 0 Å². The van der Waals surface area contributed by atoms with E-state index in [1.165, 1.54) is 12.1 Å². The van der Waals surface area contributed by atoms with Crippen molar-refractivity contribution in [3.05, 3.63) is 69.0 Å². The van der Waals surface area contributed by atoms with E-state index in [1.54, 1.807) is 18.2 Å². The van der Waals surface area contributed by atoms with Crippen molar-refractivity contribution in [3.8, 4) is 5.75 Å². The summed E-state index contributed by atoms with van der Waals surface area (Å²) in [6, 6.07) is 9.40. The van der Waals surface area contributed by atoms with Crippen LogP contribution in [0.3, 0.4) is 0 Å². The van der Waals surface area contributed by atoms with E-state index >= 15 is 0 Å². The van der Waals surface area contributed by atoms with Gasteiger partial charge in [-0.05, 0) is 18.2 Å². The van der Waals surface area contributed by atoms with Gasteiger partial charge >= 0.3 is 5.69 Å². The van der Waals surface area contributed by atoms with E-state index in [4.69, 9.17) is 16.3 Å². The van der Waals surface area contributed by atoms with Gasteiger partial charge in [-0.25, -0.2) is 0 Å². The molecule has 0 bridgehead atoms. The number of Topliss-reactive ketones (excluding diaryl/α,β-unsaturated/α-hetero) is 1. The molecule has 0 aliphatic heterocycles. The van der Waals surface area contributed by atoms with Crippen molar-refractivity contribution in [3.63, 3.8) is 0 Å². The molecule has 0 aliphatic carbocycles. The second kappa shape index (κ2) is 6.32. The number of ketones is 1. The van der Waals surface area contributed by atoms with Crippen LogP contribution in [0.25, 0.3) is 0 Å². The van der Waals surface area contributed by atoms with Crippen LogP contribution in [0.15, 0.2) is 42.5 Å². The molecule has 108 valence electrons. The van der Waals surface area contributed by atoms with E-state index in [-0.39, 0.29) is 18.1 Å². The van der Waals surface area contributed by atoms with Gasteiger partial charge in [0.05, 0.1) is 4.92 Å². The van der Waals surface area contributed by atoms with Gasteiger partial charge in [0.1, 0.15) is 5.75 Å². The van der Waals surface area contributed by atoms with Crippen molar-refractivity contribution in [1.29, 1.82) is 0 Å². The lowest BCUT2D eigenvalue weighted by atomic mass is 10.1. The Morgan fingerprint density at radius 2 is 2.05 bits per heavy atom. The van der Waals surface area contributed by atoms with E-state index in [0.29, 0.717) is 10.6 Å². The lowest BCUT2D eigenvalue weighted by Crippen LogP contribution is -2.11. The molecule has 0 unspecified atom stereocenters. The van der Waals surface area contributed by atoms with Crippen molar-refractivity contribution >= 4 is 23.1 Å². The van der Waals surface area contributed by atoms with Gasteiger partial charge in [0, 0.05) is 22.7 Å². The maximum absolute atomic E-state index is 13.4. The molecule has 5 nitrogen and oxygen atoms in total. The van der Waals surface area contributed by atoms with Gasteiger partial charge in [-0.15, -0.1) is 0 Å². The minimum absolute atomic E-state index is 0.0356. The molecule has 0 heterocycles.